The highest BCUT2D eigenvalue weighted by atomic mass is 32.2. The van der Waals surface area contributed by atoms with Gasteiger partial charge in [0.1, 0.15) is 17.3 Å². The lowest BCUT2D eigenvalue weighted by Gasteiger charge is -2.37. The molecule has 1 unspecified atom stereocenters. The van der Waals surface area contributed by atoms with E-state index in [9.17, 15) is 10.1 Å². The van der Waals surface area contributed by atoms with E-state index in [0.717, 1.165) is 22.2 Å². The maximum atomic E-state index is 13.0. The molecule has 0 aromatic carbocycles. The predicted octanol–water partition coefficient (Wildman–Crippen LogP) is 4.24. The first kappa shape index (κ1) is 19.7. The molecule has 3 heterocycles. The number of carbonyl (C=O) groups is 1. The van der Waals surface area contributed by atoms with Gasteiger partial charge in [-0.25, -0.2) is 0 Å². The van der Waals surface area contributed by atoms with Crippen molar-refractivity contribution in [2.24, 2.45) is 5.73 Å². The van der Waals surface area contributed by atoms with E-state index in [0.29, 0.717) is 40.1 Å². The molecule has 0 saturated heterocycles. The van der Waals surface area contributed by atoms with Crippen LogP contribution in [-0.4, -0.2) is 21.2 Å². The average molecular weight is 428 g/mol. The minimum absolute atomic E-state index is 0.0249. The first-order valence-corrected chi connectivity index (χ1v) is 11.1. The van der Waals surface area contributed by atoms with Crippen molar-refractivity contribution in [2.45, 2.75) is 55.5 Å². The molecule has 7 nitrogen and oxygen atoms in total. The summed E-state index contributed by atoms with van der Waals surface area (Å²) in [6.45, 7) is 6.01. The fraction of sp³-hybridized carbons (Fsp3) is 0.400. The Hall–Kier alpha value is -2.57. The molecule has 2 aromatic heterocycles. The van der Waals surface area contributed by atoms with Crippen LogP contribution in [0.4, 0.5) is 5.13 Å². The van der Waals surface area contributed by atoms with Crippen LogP contribution in [0.3, 0.4) is 0 Å². The fourth-order valence-electron chi connectivity index (χ4n) is 3.74. The number of nitrogens with two attached hydrogens (primary N) is 1. The van der Waals surface area contributed by atoms with E-state index in [2.05, 4.69) is 30.1 Å². The van der Waals surface area contributed by atoms with Gasteiger partial charge < -0.3 is 10.2 Å². The summed E-state index contributed by atoms with van der Waals surface area (Å²) in [6, 6.07) is 5.87. The van der Waals surface area contributed by atoms with Crippen molar-refractivity contribution < 1.29 is 9.21 Å². The van der Waals surface area contributed by atoms with Crippen molar-refractivity contribution in [3.63, 3.8) is 0 Å². The standard InChI is InChI=1S/C20H21N5O2S2/c1-10(2)28-20-24-23-19(29-20)25-13-5-4-6-14(26)17(13)16(12(9-21)18(25)22)15-8-7-11(3)27-15/h7-8,10,16H,4-6,22H2,1-3H3. The number of Topliss-reactive ketones (excluding diaryl/α,β-unsaturated/α-hetero) is 1. The number of carbonyl (C=O) groups excluding carboxylic acids is 1. The molecular formula is C20H21N5O2S2. The highest BCUT2D eigenvalue weighted by molar-refractivity contribution is 8.01. The summed E-state index contributed by atoms with van der Waals surface area (Å²) in [5, 5.41) is 19.5. The van der Waals surface area contributed by atoms with Crippen molar-refractivity contribution in [1.82, 2.24) is 10.2 Å². The van der Waals surface area contributed by atoms with E-state index in [1.807, 2.05) is 19.1 Å². The molecule has 0 fully saturated rings. The smallest absolute Gasteiger partial charge is 0.219 e. The van der Waals surface area contributed by atoms with E-state index in [1.54, 1.807) is 16.7 Å². The molecule has 9 heteroatoms. The van der Waals surface area contributed by atoms with Crippen molar-refractivity contribution >= 4 is 34.0 Å². The summed E-state index contributed by atoms with van der Waals surface area (Å²) in [7, 11) is 0. The van der Waals surface area contributed by atoms with Crippen LogP contribution in [0.1, 0.15) is 50.5 Å². The van der Waals surface area contributed by atoms with Gasteiger partial charge in [0.2, 0.25) is 5.13 Å². The van der Waals surface area contributed by atoms with Gasteiger partial charge in [0.25, 0.3) is 0 Å². The number of aromatic nitrogens is 2. The summed E-state index contributed by atoms with van der Waals surface area (Å²) in [4.78, 5) is 14.7. The summed E-state index contributed by atoms with van der Waals surface area (Å²) >= 11 is 3.04. The van der Waals surface area contributed by atoms with E-state index in [-0.39, 0.29) is 11.6 Å². The monoisotopic (exact) mass is 427 g/mol. The SMILES string of the molecule is Cc1ccc(C2C(C#N)=C(N)N(c3nnc(SC(C)C)s3)C3=C2C(=O)CCC3)o1. The molecule has 0 saturated carbocycles. The molecule has 1 atom stereocenters. The molecule has 2 aromatic rings. The number of nitriles is 1. The van der Waals surface area contributed by atoms with Gasteiger partial charge in [0.15, 0.2) is 10.1 Å². The lowest BCUT2D eigenvalue weighted by atomic mass is 9.78. The van der Waals surface area contributed by atoms with Gasteiger partial charge in [0, 0.05) is 22.9 Å². The molecule has 1 aliphatic heterocycles. The number of aryl methyl sites for hydroxylation is 1. The Morgan fingerprint density at radius 3 is 2.83 bits per heavy atom. The second-order valence-corrected chi connectivity index (χ2v) is 10.1. The molecule has 2 N–H and O–H groups in total. The van der Waals surface area contributed by atoms with E-state index >= 15 is 0 Å². The van der Waals surface area contributed by atoms with Gasteiger partial charge in [-0.15, -0.1) is 10.2 Å². The lowest BCUT2D eigenvalue weighted by Crippen LogP contribution is -2.38. The summed E-state index contributed by atoms with van der Waals surface area (Å²) in [5.41, 5.74) is 8.19. The third-order valence-corrected chi connectivity index (χ3v) is 6.88. The van der Waals surface area contributed by atoms with Gasteiger partial charge in [-0.1, -0.05) is 36.9 Å². The molecule has 0 bridgehead atoms. The van der Waals surface area contributed by atoms with Crippen LogP contribution in [-0.2, 0) is 4.79 Å². The van der Waals surface area contributed by atoms with Gasteiger partial charge in [-0.2, -0.15) is 5.26 Å². The van der Waals surface area contributed by atoms with Crippen molar-refractivity contribution in [3.05, 3.63) is 46.3 Å². The van der Waals surface area contributed by atoms with Gasteiger partial charge in [0.05, 0.1) is 17.6 Å². The van der Waals surface area contributed by atoms with Gasteiger partial charge in [-0.3, -0.25) is 9.69 Å². The second kappa shape index (κ2) is 7.69. The maximum absolute atomic E-state index is 13.0. The zero-order valence-electron chi connectivity index (χ0n) is 16.4. The molecule has 1 aliphatic carbocycles. The Balaban J connectivity index is 1.88. The number of furan rings is 1. The third kappa shape index (κ3) is 3.47. The zero-order valence-corrected chi connectivity index (χ0v) is 18.1. The average Bonchev–Trinajstić information content (AvgIpc) is 3.29. The Bertz CT molecular complexity index is 1070. The van der Waals surface area contributed by atoms with Crippen LogP contribution in [0.15, 0.2) is 43.6 Å². The maximum Gasteiger partial charge on any atom is 0.219 e. The largest absolute Gasteiger partial charge is 0.465 e. The van der Waals surface area contributed by atoms with Crippen molar-refractivity contribution in [1.29, 1.82) is 5.26 Å². The zero-order chi connectivity index (χ0) is 20.7. The van der Waals surface area contributed by atoms with Gasteiger partial charge >= 0.3 is 0 Å². The molecular weight excluding hydrogens is 406 g/mol. The number of hydrogen-bond acceptors (Lipinski definition) is 9. The van der Waals surface area contributed by atoms with Gasteiger partial charge in [-0.05, 0) is 31.9 Å². The van der Waals surface area contributed by atoms with Crippen LogP contribution < -0.4 is 10.6 Å². The number of allylic oxidation sites excluding steroid dienone is 3. The Morgan fingerprint density at radius 1 is 1.38 bits per heavy atom. The Morgan fingerprint density at radius 2 is 2.17 bits per heavy atom. The van der Waals surface area contributed by atoms with Crippen LogP contribution >= 0.6 is 23.1 Å². The highest BCUT2D eigenvalue weighted by Gasteiger charge is 2.42. The second-order valence-electron chi connectivity index (χ2n) is 7.28. The topological polar surface area (TPSA) is 109 Å². The molecule has 2 aliphatic rings. The molecule has 4 rings (SSSR count). The first-order chi connectivity index (χ1) is 13.9. The minimum Gasteiger partial charge on any atom is -0.465 e. The Kier molecular flexibility index (Phi) is 5.23. The lowest BCUT2D eigenvalue weighted by molar-refractivity contribution is -0.116. The fourth-order valence-corrected chi connectivity index (χ4v) is 5.84. The number of thioether (sulfide) groups is 1. The summed E-state index contributed by atoms with van der Waals surface area (Å²) < 4.78 is 6.64. The number of anilines is 1. The molecule has 29 heavy (non-hydrogen) atoms. The van der Waals surface area contributed by atoms with Crippen LogP contribution in [0.25, 0.3) is 0 Å². The molecule has 0 spiro atoms. The predicted molar refractivity (Wildman–Crippen MR) is 112 cm³/mol. The quantitative estimate of drug-likeness (QED) is 0.722. The number of hydrogen-bond donors (Lipinski definition) is 1. The van der Waals surface area contributed by atoms with E-state index in [1.165, 1.54) is 11.3 Å². The van der Waals surface area contributed by atoms with E-state index < -0.39 is 5.92 Å². The van der Waals surface area contributed by atoms with Crippen molar-refractivity contribution in [3.8, 4) is 6.07 Å². The Labute approximate surface area is 177 Å². The molecule has 0 radical (unpaired) electrons. The number of rotatable bonds is 4. The number of nitrogens with zero attached hydrogens (tertiary/aromatic N) is 4. The van der Waals surface area contributed by atoms with Crippen LogP contribution in [0.5, 0.6) is 0 Å². The minimum atomic E-state index is -0.579. The van der Waals surface area contributed by atoms with Crippen molar-refractivity contribution in [2.75, 3.05) is 4.90 Å². The first-order valence-electron chi connectivity index (χ1n) is 9.43. The summed E-state index contributed by atoms with van der Waals surface area (Å²) in [6.07, 6.45) is 1.87. The third-order valence-electron chi connectivity index (χ3n) is 4.88. The summed E-state index contributed by atoms with van der Waals surface area (Å²) in [5.74, 6) is 1.03. The molecule has 0 amide bonds. The highest BCUT2D eigenvalue weighted by Crippen LogP contribution is 2.47. The van der Waals surface area contributed by atoms with Crippen LogP contribution in [0, 0.1) is 18.3 Å². The normalized spacial score (nSPS) is 19.8. The van der Waals surface area contributed by atoms with E-state index in [4.69, 9.17) is 10.2 Å². The van der Waals surface area contributed by atoms with Crippen LogP contribution in [0.2, 0.25) is 0 Å². The molecule has 150 valence electrons. The number of ketones is 1.